The normalized spacial score (nSPS) is 26.2. The molecular weight excluding hydrogens is 813 g/mol. The first-order valence-corrected chi connectivity index (χ1v) is 24.0. The standard InChI is InChI=1S/C51H63F2N7O4/c1-6-28(4)46(58-50(63)64-5)49(62)60-20-10-12-40(60)48-55-26-38(57-48)32-16-15-31(42-33-22-34(43(32)42)45(53)44(33)52)29-13-14-30(36-24-51(23-35(29)36)17-7-8-18-51)37-25-54-47(56-37)39-11-9-19-59(39)41(61)21-27(2)3/h13-16,25-28,33-34,39-40,44-46H,6-12,17-24H2,1-5H3,(H,54,56)(H,55,57)(H,58,63)/t28?,33?,34?,39-,40+,44?,45?,46-/m0/s1. The molecule has 3 amide bonds. The van der Waals surface area contributed by atoms with E-state index < -0.39 is 36.3 Å². The van der Waals surface area contributed by atoms with E-state index in [9.17, 15) is 14.4 Å². The summed E-state index contributed by atoms with van der Waals surface area (Å²) in [5.74, 6) is 0.577. The van der Waals surface area contributed by atoms with Gasteiger partial charge in [-0.05, 0) is 108 Å². The van der Waals surface area contributed by atoms with Gasteiger partial charge in [0.15, 0.2) is 0 Å². The van der Waals surface area contributed by atoms with Crippen molar-refractivity contribution in [1.82, 2.24) is 35.1 Å². The quantitative estimate of drug-likeness (QED) is 0.137. The van der Waals surface area contributed by atoms with E-state index in [1.807, 2.05) is 24.9 Å². The van der Waals surface area contributed by atoms with Gasteiger partial charge in [0.1, 0.15) is 30.0 Å². The molecule has 4 aliphatic carbocycles. The SMILES string of the molecule is CCC(C)[C@H](NC(=O)OC)C(=O)N1CCC[C@@H]1c1ncc(-c2ccc(-c3ccc(-c4cnc([C@@H]5CCCN5C(=O)CC(C)C)[nH]4)c4c3CC3(CCCC3)C4)c3c2C2CC3C(F)C2F)[nH]1. The number of aromatic nitrogens is 4. The Morgan fingerprint density at radius 3 is 1.97 bits per heavy atom. The first-order chi connectivity index (χ1) is 30.9. The Morgan fingerprint density at radius 2 is 1.34 bits per heavy atom. The number of rotatable bonds is 11. The molecule has 2 aromatic carbocycles. The number of carbonyl (C=O) groups is 3. The van der Waals surface area contributed by atoms with Crippen molar-refractivity contribution in [2.24, 2.45) is 17.3 Å². The van der Waals surface area contributed by atoms with E-state index in [0.717, 1.165) is 89.2 Å². The first kappa shape index (κ1) is 42.9. The second-order valence-electron chi connectivity index (χ2n) is 20.4. The molecule has 3 N–H and O–H groups in total. The fourth-order valence-corrected chi connectivity index (χ4v) is 12.8. The lowest BCUT2D eigenvalue weighted by molar-refractivity contribution is -0.136. The monoisotopic (exact) mass is 875 g/mol. The van der Waals surface area contributed by atoms with Crippen LogP contribution in [0.5, 0.6) is 0 Å². The average Bonchev–Trinajstić information content (AvgIpc) is 4.15. The molecule has 2 aliphatic heterocycles. The molecule has 2 saturated heterocycles. The van der Waals surface area contributed by atoms with Gasteiger partial charge in [-0.25, -0.2) is 23.5 Å². The minimum atomic E-state index is -1.59. The van der Waals surface area contributed by atoms with Crippen LogP contribution in [0.3, 0.4) is 0 Å². The van der Waals surface area contributed by atoms with Crippen molar-refractivity contribution in [2.45, 2.75) is 153 Å². The number of H-pyrrole nitrogens is 2. The van der Waals surface area contributed by atoms with Gasteiger partial charge < -0.3 is 29.8 Å². The summed E-state index contributed by atoms with van der Waals surface area (Å²) >= 11 is 0. The van der Waals surface area contributed by atoms with Crippen LogP contribution < -0.4 is 5.32 Å². The first-order valence-electron chi connectivity index (χ1n) is 24.0. The highest BCUT2D eigenvalue weighted by molar-refractivity contribution is 5.87. The van der Waals surface area contributed by atoms with Crippen LogP contribution >= 0.6 is 0 Å². The number of ether oxygens (including phenoxy) is 1. The topological polar surface area (TPSA) is 136 Å². The Morgan fingerprint density at radius 1 is 0.797 bits per heavy atom. The third-order valence-corrected chi connectivity index (χ3v) is 16.1. The number of alkyl halides is 2. The summed E-state index contributed by atoms with van der Waals surface area (Å²) in [7, 11) is 1.29. The van der Waals surface area contributed by atoms with Crippen molar-refractivity contribution in [3.8, 4) is 33.6 Å². The molecule has 10 rings (SSSR count). The largest absolute Gasteiger partial charge is 0.453 e. The van der Waals surface area contributed by atoms with Crippen LogP contribution in [0.15, 0.2) is 36.7 Å². The van der Waals surface area contributed by atoms with Crippen LogP contribution in [-0.2, 0) is 27.2 Å². The Labute approximate surface area is 374 Å². The zero-order valence-corrected chi connectivity index (χ0v) is 37.9. The number of amides is 3. The maximum absolute atomic E-state index is 16.1. The van der Waals surface area contributed by atoms with Crippen LogP contribution in [-0.4, -0.2) is 86.2 Å². The van der Waals surface area contributed by atoms with Gasteiger partial charge in [-0.2, -0.15) is 0 Å². The molecular formula is C51H63F2N7O4. The molecule has 13 heteroatoms. The number of carbonyl (C=O) groups excluding carboxylic acids is 3. The van der Waals surface area contributed by atoms with E-state index in [2.05, 4.69) is 53.4 Å². The van der Waals surface area contributed by atoms with Gasteiger partial charge >= 0.3 is 6.09 Å². The van der Waals surface area contributed by atoms with Crippen molar-refractivity contribution in [3.63, 3.8) is 0 Å². The number of methoxy groups -OCH3 is 1. The fraction of sp³-hybridized carbons (Fsp3) is 0.588. The van der Waals surface area contributed by atoms with Crippen LogP contribution in [0, 0.1) is 17.3 Å². The number of hydrogen-bond acceptors (Lipinski definition) is 6. The number of imidazole rings is 2. The van der Waals surface area contributed by atoms with Gasteiger partial charge in [-0.15, -0.1) is 0 Å². The Balaban J connectivity index is 1.01. The van der Waals surface area contributed by atoms with Crippen LogP contribution in [0.25, 0.3) is 33.6 Å². The fourth-order valence-electron chi connectivity index (χ4n) is 12.8. The minimum Gasteiger partial charge on any atom is -0.453 e. The van der Waals surface area contributed by atoms with Crippen molar-refractivity contribution in [3.05, 3.63) is 70.6 Å². The van der Waals surface area contributed by atoms with E-state index in [1.54, 1.807) is 11.1 Å². The highest BCUT2D eigenvalue weighted by Crippen LogP contribution is 2.61. The van der Waals surface area contributed by atoms with Gasteiger partial charge in [0, 0.05) is 42.5 Å². The lowest BCUT2D eigenvalue weighted by atomic mass is 9.79. The molecule has 4 heterocycles. The minimum absolute atomic E-state index is 0.0548. The molecule has 340 valence electrons. The summed E-state index contributed by atoms with van der Waals surface area (Å²) in [5.41, 5.74) is 10.4. The molecule has 8 atom stereocenters. The summed E-state index contributed by atoms with van der Waals surface area (Å²) in [5, 5.41) is 2.76. The number of hydrogen-bond donors (Lipinski definition) is 3. The number of nitrogens with zero attached hydrogens (tertiary/aromatic N) is 4. The van der Waals surface area contributed by atoms with E-state index >= 15 is 8.78 Å². The zero-order valence-electron chi connectivity index (χ0n) is 37.9. The van der Waals surface area contributed by atoms with Crippen LogP contribution in [0.1, 0.15) is 156 Å². The number of alkyl carbamates (subject to hydrolysis) is 1. The Bertz CT molecular complexity index is 2460. The molecule has 64 heavy (non-hydrogen) atoms. The third-order valence-electron chi connectivity index (χ3n) is 16.1. The zero-order chi connectivity index (χ0) is 44.6. The summed E-state index contributed by atoms with van der Waals surface area (Å²) < 4.78 is 36.9. The van der Waals surface area contributed by atoms with Gasteiger partial charge in [0.2, 0.25) is 11.8 Å². The molecule has 4 fully saturated rings. The highest BCUT2D eigenvalue weighted by Gasteiger charge is 2.54. The molecule has 4 aromatic rings. The second-order valence-corrected chi connectivity index (χ2v) is 20.4. The number of fused-ring (bicyclic) bond motifs is 6. The average molecular weight is 876 g/mol. The molecule has 11 nitrogen and oxygen atoms in total. The summed E-state index contributed by atoms with van der Waals surface area (Å²) in [6, 6.07) is 7.50. The van der Waals surface area contributed by atoms with Crippen molar-refractivity contribution < 1.29 is 27.9 Å². The van der Waals surface area contributed by atoms with E-state index in [1.165, 1.54) is 43.9 Å². The Hall–Kier alpha value is -5.07. The summed E-state index contributed by atoms with van der Waals surface area (Å²) in [6.45, 7) is 9.39. The van der Waals surface area contributed by atoms with Crippen molar-refractivity contribution >= 4 is 17.9 Å². The molecule has 5 unspecified atom stereocenters. The Kier molecular flexibility index (Phi) is 11.2. The predicted octanol–water partition coefficient (Wildman–Crippen LogP) is 10.2. The van der Waals surface area contributed by atoms with Crippen molar-refractivity contribution in [1.29, 1.82) is 0 Å². The van der Waals surface area contributed by atoms with Gasteiger partial charge in [-0.3, -0.25) is 9.59 Å². The third kappa shape index (κ3) is 7.14. The molecule has 2 aromatic heterocycles. The second kappa shape index (κ2) is 16.7. The summed E-state index contributed by atoms with van der Waals surface area (Å²) in [6.07, 6.45) is 11.6. The highest BCUT2D eigenvalue weighted by atomic mass is 19.2. The molecule has 0 radical (unpaired) electrons. The molecule has 6 aliphatic rings. The smallest absolute Gasteiger partial charge is 0.407 e. The van der Waals surface area contributed by atoms with Gasteiger partial charge in [0.05, 0.1) is 43.0 Å². The lowest BCUT2D eigenvalue weighted by Crippen LogP contribution is -2.51. The molecule has 2 bridgehead atoms. The number of nitrogens with one attached hydrogen (secondary N) is 3. The molecule has 1 spiro atoms. The summed E-state index contributed by atoms with van der Waals surface area (Å²) in [4.78, 5) is 60.3. The van der Waals surface area contributed by atoms with Gasteiger partial charge in [0.25, 0.3) is 0 Å². The maximum atomic E-state index is 16.1. The number of halogens is 2. The van der Waals surface area contributed by atoms with E-state index in [0.29, 0.717) is 44.0 Å². The number of benzene rings is 2. The van der Waals surface area contributed by atoms with Crippen molar-refractivity contribution in [2.75, 3.05) is 20.2 Å². The predicted molar refractivity (Wildman–Crippen MR) is 241 cm³/mol. The van der Waals surface area contributed by atoms with Crippen LogP contribution in [0.4, 0.5) is 13.6 Å². The maximum Gasteiger partial charge on any atom is 0.407 e. The molecule has 2 saturated carbocycles. The van der Waals surface area contributed by atoms with Crippen LogP contribution in [0.2, 0.25) is 0 Å². The van der Waals surface area contributed by atoms with Gasteiger partial charge in [-0.1, -0.05) is 71.2 Å². The number of likely N-dealkylation sites (tertiary alicyclic amines) is 2. The van der Waals surface area contributed by atoms with E-state index in [4.69, 9.17) is 14.7 Å². The van der Waals surface area contributed by atoms with E-state index in [-0.39, 0.29) is 35.2 Å². The lowest BCUT2D eigenvalue weighted by Gasteiger charge is -2.30. The number of aromatic amines is 2.